The first kappa shape index (κ1) is 27.5. The molecule has 0 unspecified atom stereocenters. The molecule has 0 atom stereocenters. The average molecular weight is 564 g/mol. The highest BCUT2D eigenvalue weighted by Gasteiger charge is 2.44. The van der Waals surface area contributed by atoms with Crippen molar-refractivity contribution in [1.29, 1.82) is 0 Å². The molecule has 0 spiro atoms. The summed E-state index contributed by atoms with van der Waals surface area (Å²) in [7, 11) is -10.7. The Morgan fingerprint density at radius 1 is 1.00 bits per heavy atom. The molecular weight excluding hydrogens is 541 g/mol. The summed E-state index contributed by atoms with van der Waals surface area (Å²) >= 11 is 0. The molecule has 2 aromatic carbocycles. The van der Waals surface area contributed by atoms with E-state index in [0.29, 0.717) is 11.3 Å². The second kappa shape index (κ2) is 10.3. The molecule has 38 heavy (non-hydrogen) atoms. The van der Waals surface area contributed by atoms with E-state index in [1.807, 2.05) is 13.8 Å². The van der Waals surface area contributed by atoms with Crippen LogP contribution >= 0.6 is 15.2 Å². The van der Waals surface area contributed by atoms with Crippen molar-refractivity contribution < 1.29 is 37.9 Å². The minimum Gasteiger partial charge on any atom is -0.346 e. The molecule has 4 rings (SSSR count). The molecule has 1 amide bonds. The number of carbonyl (C=O) groups excluding carboxylic acids is 1. The minimum atomic E-state index is -5.34. The fourth-order valence-corrected chi connectivity index (χ4v) is 5.71. The van der Waals surface area contributed by atoms with Gasteiger partial charge in [0, 0.05) is 22.9 Å². The standard InChI is InChI=1S/C22H23FN6O7P2/c1-12(2)29-20-17(11-24-29)19(28-22(37(31,32)33)38(34,35)36)26-18(27-20)13-4-3-5-14(10-13)21(30)25-16-8-6-15(23)7-9-16/h3-12,22H,1-2H3,(H,25,30)(H,26,27,28)(H2,31,32,33)(H2,34,35,36). The van der Waals surface area contributed by atoms with Gasteiger partial charge in [-0.3, -0.25) is 13.9 Å². The molecule has 0 radical (unpaired) electrons. The van der Waals surface area contributed by atoms with Crippen LogP contribution in [0.5, 0.6) is 0 Å². The second-order valence-electron chi connectivity index (χ2n) is 8.55. The number of halogens is 1. The third kappa shape index (κ3) is 5.97. The zero-order valence-corrected chi connectivity index (χ0v) is 21.7. The van der Waals surface area contributed by atoms with E-state index >= 15 is 0 Å². The Bertz CT molecular complexity index is 1580. The number of nitrogens with zero attached hydrogens (tertiary/aromatic N) is 4. The lowest BCUT2D eigenvalue weighted by atomic mass is 10.1. The van der Waals surface area contributed by atoms with E-state index in [2.05, 4.69) is 25.7 Å². The maximum absolute atomic E-state index is 13.2. The number of hydrogen-bond donors (Lipinski definition) is 6. The molecule has 0 saturated heterocycles. The van der Waals surface area contributed by atoms with Crippen LogP contribution in [0.2, 0.25) is 0 Å². The predicted molar refractivity (Wildman–Crippen MR) is 137 cm³/mol. The molecule has 0 fully saturated rings. The molecule has 0 aliphatic carbocycles. The number of anilines is 2. The molecule has 4 aromatic rings. The summed E-state index contributed by atoms with van der Waals surface area (Å²) in [6, 6.07) is 11.1. The van der Waals surface area contributed by atoms with E-state index in [1.54, 1.807) is 12.1 Å². The van der Waals surface area contributed by atoms with Crippen LogP contribution in [-0.2, 0) is 9.13 Å². The van der Waals surface area contributed by atoms with Crippen LogP contribution in [0, 0.1) is 5.82 Å². The van der Waals surface area contributed by atoms with Crippen LogP contribution in [0.4, 0.5) is 15.9 Å². The summed E-state index contributed by atoms with van der Waals surface area (Å²) < 4.78 is 38.4. The van der Waals surface area contributed by atoms with Crippen LogP contribution in [0.1, 0.15) is 30.2 Å². The summed E-state index contributed by atoms with van der Waals surface area (Å²) in [5, 5.41) is 9.22. The first-order valence-electron chi connectivity index (χ1n) is 11.0. The van der Waals surface area contributed by atoms with Gasteiger partial charge in [-0.05, 0) is 50.2 Å². The van der Waals surface area contributed by atoms with E-state index in [0.717, 1.165) is 0 Å². The van der Waals surface area contributed by atoms with E-state index in [-0.39, 0.29) is 34.3 Å². The van der Waals surface area contributed by atoms with Gasteiger partial charge in [0.25, 0.3) is 5.91 Å². The van der Waals surface area contributed by atoms with Gasteiger partial charge in [0.15, 0.2) is 11.5 Å². The van der Waals surface area contributed by atoms with Crippen molar-refractivity contribution in [3.63, 3.8) is 0 Å². The monoisotopic (exact) mass is 564 g/mol. The van der Waals surface area contributed by atoms with Crippen LogP contribution in [0.15, 0.2) is 54.7 Å². The van der Waals surface area contributed by atoms with Gasteiger partial charge in [0.2, 0.25) is 5.52 Å². The summed E-state index contributed by atoms with van der Waals surface area (Å²) in [5.41, 5.74) is -1.44. The van der Waals surface area contributed by atoms with Crippen LogP contribution in [0.25, 0.3) is 22.4 Å². The summed E-state index contributed by atoms with van der Waals surface area (Å²) in [6.07, 6.45) is 1.31. The number of benzene rings is 2. The molecule has 0 saturated carbocycles. The molecule has 2 aromatic heterocycles. The Labute approximate surface area is 215 Å². The Balaban J connectivity index is 1.79. The lowest BCUT2D eigenvalue weighted by Crippen LogP contribution is -2.21. The van der Waals surface area contributed by atoms with Gasteiger partial charge in [-0.25, -0.2) is 19.0 Å². The van der Waals surface area contributed by atoms with Crippen molar-refractivity contribution in [2.45, 2.75) is 25.4 Å². The number of hydrogen-bond acceptors (Lipinski definition) is 7. The Morgan fingerprint density at radius 3 is 2.26 bits per heavy atom. The highest BCUT2D eigenvalue weighted by atomic mass is 31.2. The fraction of sp³-hybridized carbons (Fsp3) is 0.182. The largest absolute Gasteiger partial charge is 0.360 e. The van der Waals surface area contributed by atoms with Gasteiger partial charge in [0.05, 0.1) is 11.6 Å². The average Bonchev–Trinajstić information content (AvgIpc) is 3.27. The highest BCUT2D eigenvalue weighted by molar-refractivity contribution is 7.71. The molecule has 13 nitrogen and oxygen atoms in total. The van der Waals surface area contributed by atoms with E-state index in [4.69, 9.17) is 0 Å². The summed E-state index contributed by atoms with van der Waals surface area (Å²) in [5.74, 6) is -1.24. The molecule has 16 heteroatoms. The molecular formula is C22H23FN6O7P2. The number of amides is 1. The summed E-state index contributed by atoms with van der Waals surface area (Å²) in [4.78, 5) is 59.9. The molecule has 6 N–H and O–H groups in total. The third-order valence-corrected chi connectivity index (χ3v) is 8.67. The maximum Gasteiger partial charge on any atom is 0.360 e. The Morgan fingerprint density at radius 2 is 1.66 bits per heavy atom. The first-order chi connectivity index (χ1) is 17.7. The van der Waals surface area contributed by atoms with Crippen molar-refractivity contribution in [2.24, 2.45) is 0 Å². The Hall–Kier alpha value is -3.51. The molecule has 200 valence electrons. The number of carbonyl (C=O) groups is 1. The second-order valence-corrected chi connectivity index (χ2v) is 12.4. The molecule has 0 aliphatic heterocycles. The van der Waals surface area contributed by atoms with Crippen molar-refractivity contribution in [1.82, 2.24) is 19.7 Å². The van der Waals surface area contributed by atoms with Crippen LogP contribution in [0.3, 0.4) is 0 Å². The lowest BCUT2D eigenvalue weighted by molar-refractivity contribution is 0.102. The van der Waals surface area contributed by atoms with E-state index in [9.17, 15) is 37.9 Å². The number of rotatable bonds is 8. The SMILES string of the molecule is CC(C)n1ncc2c(NC(P(=O)(O)O)P(=O)(O)O)nc(-c3cccc(C(=O)Nc4ccc(F)cc4)c3)nc21. The van der Waals surface area contributed by atoms with Gasteiger partial charge >= 0.3 is 15.2 Å². The third-order valence-electron chi connectivity index (χ3n) is 5.33. The normalized spacial score (nSPS) is 12.3. The topological polar surface area (TPSA) is 200 Å². The predicted octanol–water partition coefficient (Wildman–Crippen LogP) is 3.52. The quantitative estimate of drug-likeness (QED) is 0.171. The lowest BCUT2D eigenvalue weighted by Gasteiger charge is -2.21. The number of aromatic nitrogens is 4. The number of nitrogens with one attached hydrogen (secondary N) is 2. The van der Waals surface area contributed by atoms with Crippen molar-refractivity contribution in [2.75, 3.05) is 10.6 Å². The minimum absolute atomic E-state index is 0.00555. The summed E-state index contributed by atoms with van der Waals surface area (Å²) in [6.45, 7) is 3.63. The van der Waals surface area contributed by atoms with Gasteiger partial charge in [-0.15, -0.1) is 0 Å². The molecule has 0 bridgehead atoms. The fourth-order valence-electron chi connectivity index (χ4n) is 3.57. The molecule has 0 aliphatic rings. The molecule has 2 heterocycles. The van der Waals surface area contributed by atoms with Gasteiger partial charge < -0.3 is 30.2 Å². The van der Waals surface area contributed by atoms with Crippen molar-refractivity contribution in [3.05, 3.63) is 66.1 Å². The van der Waals surface area contributed by atoms with Gasteiger partial charge in [-0.1, -0.05) is 12.1 Å². The van der Waals surface area contributed by atoms with E-state index < -0.39 is 32.4 Å². The smallest absolute Gasteiger partial charge is 0.346 e. The highest BCUT2D eigenvalue weighted by Crippen LogP contribution is 2.59. The number of fused-ring (bicyclic) bond motifs is 1. The van der Waals surface area contributed by atoms with Gasteiger partial charge in [-0.2, -0.15) is 5.10 Å². The zero-order chi connectivity index (χ0) is 27.8. The van der Waals surface area contributed by atoms with Crippen LogP contribution in [-0.4, -0.2) is 50.8 Å². The van der Waals surface area contributed by atoms with Crippen molar-refractivity contribution in [3.8, 4) is 11.4 Å². The van der Waals surface area contributed by atoms with Crippen LogP contribution < -0.4 is 10.6 Å². The van der Waals surface area contributed by atoms with Gasteiger partial charge in [0.1, 0.15) is 11.6 Å². The zero-order valence-electron chi connectivity index (χ0n) is 19.9. The van der Waals surface area contributed by atoms with Crippen molar-refractivity contribution >= 4 is 43.6 Å². The first-order valence-corrected chi connectivity index (χ1v) is 14.4. The maximum atomic E-state index is 13.2. The Kier molecular flexibility index (Phi) is 7.48. The van der Waals surface area contributed by atoms with E-state index in [1.165, 1.54) is 47.3 Å².